The molecule has 34 heavy (non-hydrogen) atoms. The van der Waals surface area contributed by atoms with Crippen LogP contribution in [0.3, 0.4) is 0 Å². The maximum atomic E-state index is 12.4. The molecule has 1 aromatic heterocycles. The SMILES string of the molecule is CC1(NC(=O)OC(C)(C)C)CCN(C(OOC(=O)c2cnccn2)c2cccc(Cl)c2Cl)CC1. The fourth-order valence-electron chi connectivity index (χ4n) is 3.48. The van der Waals surface area contributed by atoms with E-state index in [0.29, 0.717) is 41.5 Å². The summed E-state index contributed by atoms with van der Waals surface area (Å²) in [4.78, 5) is 45.1. The fourth-order valence-corrected chi connectivity index (χ4v) is 3.89. The number of alkyl carbamates (subject to hydrolysis) is 1. The van der Waals surface area contributed by atoms with Gasteiger partial charge in [-0.15, -0.1) is 0 Å². The zero-order chi connectivity index (χ0) is 24.9. The highest BCUT2D eigenvalue weighted by molar-refractivity contribution is 6.42. The van der Waals surface area contributed by atoms with Crippen LogP contribution in [0.1, 0.15) is 62.8 Å². The molecule has 11 heteroatoms. The lowest BCUT2D eigenvalue weighted by molar-refractivity contribution is -0.314. The summed E-state index contributed by atoms with van der Waals surface area (Å²) in [7, 11) is 0. The highest BCUT2D eigenvalue weighted by Gasteiger charge is 2.37. The van der Waals surface area contributed by atoms with Crippen molar-refractivity contribution in [2.75, 3.05) is 13.1 Å². The van der Waals surface area contributed by atoms with Crippen molar-refractivity contribution in [1.29, 1.82) is 0 Å². The second kappa shape index (κ2) is 10.9. The number of hydrogen-bond donors (Lipinski definition) is 1. The Bertz CT molecular complexity index is 1010. The molecule has 0 radical (unpaired) electrons. The Morgan fingerprint density at radius 2 is 1.88 bits per heavy atom. The molecule has 0 aliphatic carbocycles. The monoisotopic (exact) mass is 510 g/mol. The van der Waals surface area contributed by atoms with Gasteiger partial charge in [0.15, 0.2) is 11.9 Å². The molecule has 1 fully saturated rings. The molecule has 1 unspecified atom stereocenters. The maximum absolute atomic E-state index is 12.4. The third-order valence-electron chi connectivity index (χ3n) is 5.27. The first kappa shape index (κ1) is 26.2. The molecule has 1 aliphatic rings. The molecule has 1 amide bonds. The smallest absolute Gasteiger partial charge is 0.408 e. The van der Waals surface area contributed by atoms with E-state index in [9.17, 15) is 9.59 Å². The molecule has 2 heterocycles. The number of hydrogen-bond acceptors (Lipinski definition) is 8. The Labute approximate surface area is 208 Å². The van der Waals surface area contributed by atoms with Crippen LogP contribution >= 0.6 is 23.2 Å². The second-order valence-electron chi connectivity index (χ2n) is 9.28. The van der Waals surface area contributed by atoms with Gasteiger partial charge >= 0.3 is 12.1 Å². The van der Waals surface area contributed by atoms with Crippen molar-refractivity contribution < 1.29 is 24.1 Å². The Morgan fingerprint density at radius 1 is 1.18 bits per heavy atom. The quantitative estimate of drug-likeness (QED) is 0.429. The number of carbonyl (C=O) groups is 2. The van der Waals surface area contributed by atoms with E-state index in [1.165, 1.54) is 18.6 Å². The third kappa shape index (κ3) is 7.02. The number of benzene rings is 1. The van der Waals surface area contributed by atoms with Gasteiger partial charge in [-0.05, 0) is 46.6 Å². The summed E-state index contributed by atoms with van der Waals surface area (Å²) in [5, 5.41) is 3.61. The minimum absolute atomic E-state index is 0.00576. The summed E-state index contributed by atoms with van der Waals surface area (Å²) in [6.45, 7) is 8.44. The minimum atomic E-state index is -0.821. The largest absolute Gasteiger partial charge is 0.444 e. The molecule has 0 bridgehead atoms. The summed E-state index contributed by atoms with van der Waals surface area (Å²) in [5.41, 5.74) is -0.509. The van der Waals surface area contributed by atoms with Gasteiger partial charge in [0.1, 0.15) is 5.60 Å². The van der Waals surface area contributed by atoms with Gasteiger partial charge in [0.25, 0.3) is 0 Å². The van der Waals surface area contributed by atoms with Gasteiger partial charge in [-0.1, -0.05) is 35.3 Å². The van der Waals surface area contributed by atoms with Crippen LogP contribution in [0.25, 0.3) is 0 Å². The lowest BCUT2D eigenvalue weighted by Crippen LogP contribution is -2.54. The van der Waals surface area contributed by atoms with Crippen LogP contribution in [-0.4, -0.2) is 51.2 Å². The van der Waals surface area contributed by atoms with Crippen LogP contribution in [0, 0.1) is 0 Å². The van der Waals surface area contributed by atoms with Crippen molar-refractivity contribution in [2.24, 2.45) is 0 Å². The third-order valence-corrected chi connectivity index (χ3v) is 6.10. The van der Waals surface area contributed by atoms with E-state index in [4.69, 9.17) is 37.7 Å². The molecule has 0 spiro atoms. The van der Waals surface area contributed by atoms with E-state index in [2.05, 4.69) is 15.3 Å². The average Bonchev–Trinajstić information content (AvgIpc) is 2.76. The number of likely N-dealkylation sites (tertiary alicyclic amines) is 1. The first-order chi connectivity index (χ1) is 16.0. The van der Waals surface area contributed by atoms with Crippen molar-refractivity contribution in [1.82, 2.24) is 20.2 Å². The Hall–Kier alpha value is -2.46. The standard InChI is InChI=1S/C23H28Cl2N4O5/c1-22(2,3)32-21(31)28-23(4)8-12-29(13-9-23)19(15-6-5-7-16(24)18(15)25)33-34-20(30)17-14-26-10-11-27-17/h5-7,10-11,14,19H,8-9,12-13H2,1-4H3,(H,28,31). The number of halogens is 2. The molecule has 1 aliphatic heterocycles. The average molecular weight is 511 g/mol. The van der Waals surface area contributed by atoms with Gasteiger partial charge in [-0.2, -0.15) is 4.89 Å². The highest BCUT2D eigenvalue weighted by atomic mass is 35.5. The number of rotatable bonds is 6. The molecule has 1 aromatic carbocycles. The number of nitrogens with one attached hydrogen (secondary N) is 1. The van der Waals surface area contributed by atoms with E-state index in [1.54, 1.807) is 18.2 Å². The Morgan fingerprint density at radius 3 is 2.50 bits per heavy atom. The van der Waals surface area contributed by atoms with E-state index in [-0.39, 0.29) is 5.69 Å². The van der Waals surface area contributed by atoms with Gasteiger partial charge in [-0.25, -0.2) is 14.6 Å². The van der Waals surface area contributed by atoms with Crippen molar-refractivity contribution in [3.8, 4) is 0 Å². The maximum Gasteiger partial charge on any atom is 0.408 e. The molecule has 1 atom stereocenters. The molecule has 184 valence electrons. The number of ether oxygens (including phenoxy) is 1. The first-order valence-electron chi connectivity index (χ1n) is 10.8. The van der Waals surface area contributed by atoms with E-state index in [1.807, 2.05) is 32.6 Å². The Balaban J connectivity index is 1.72. The van der Waals surface area contributed by atoms with E-state index >= 15 is 0 Å². The number of piperidine rings is 1. The van der Waals surface area contributed by atoms with Crippen LogP contribution in [0.5, 0.6) is 0 Å². The normalized spacial score (nSPS) is 17.0. The van der Waals surface area contributed by atoms with Crippen molar-refractivity contribution >= 4 is 35.3 Å². The van der Waals surface area contributed by atoms with Gasteiger partial charge in [0.05, 0.1) is 16.2 Å². The summed E-state index contributed by atoms with van der Waals surface area (Å²) in [5.74, 6) is -0.787. The summed E-state index contributed by atoms with van der Waals surface area (Å²) in [6.07, 6.45) is 4.02. The number of carbonyl (C=O) groups excluding carboxylic acids is 2. The molecule has 1 N–H and O–H groups in total. The van der Waals surface area contributed by atoms with Crippen molar-refractivity contribution in [3.63, 3.8) is 0 Å². The lowest BCUT2D eigenvalue weighted by atomic mass is 9.89. The molecular weight excluding hydrogens is 483 g/mol. The lowest BCUT2D eigenvalue weighted by Gasteiger charge is -2.42. The van der Waals surface area contributed by atoms with Gasteiger partial charge < -0.3 is 10.1 Å². The molecule has 1 saturated heterocycles. The van der Waals surface area contributed by atoms with Gasteiger partial charge in [-0.3, -0.25) is 14.8 Å². The first-order valence-corrected chi connectivity index (χ1v) is 11.6. The van der Waals surface area contributed by atoms with Crippen LogP contribution in [0.15, 0.2) is 36.8 Å². The fraction of sp³-hybridized carbons (Fsp3) is 0.478. The minimum Gasteiger partial charge on any atom is -0.444 e. The Kier molecular flexibility index (Phi) is 8.35. The predicted octanol–water partition coefficient (Wildman–Crippen LogP) is 4.95. The highest BCUT2D eigenvalue weighted by Crippen LogP contribution is 2.36. The molecule has 0 saturated carbocycles. The number of amides is 1. The zero-order valence-electron chi connectivity index (χ0n) is 19.5. The van der Waals surface area contributed by atoms with Crippen LogP contribution in [0.4, 0.5) is 4.79 Å². The van der Waals surface area contributed by atoms with Gasteiger partial charge in [0, 0.05) is 36.6 Å². The van der Waals surface area contributed by atoms with Gasteiger partial charge in [0.2, 0.25) is 0 Å². The predicted molar refractivity (Wildman–Crippen MR) is 126 cm³/mol. The summed E-state index contributed by atoms with van der Waals surface area (Å²) in [6, 6.07) is 5.15. The molecule has 3 rings (SSSR count). The van der Waals surface area contributed by atoms with Crippen LogP contribution in [0.2, 0.25) is 10.0 Å². The second-order valence-corrected chi connectivity index (χ2v) is 10.1. The summed E-state index contributed by atoms with van der Waals surface area (Å²) < 4.78 is 5.40. The molecule has 9 nitrogen and oxygen atoms in total. The topological polar surface area (TPSA) is 103 Å². The van der Waals surface area contributed by atoms with Crippen LogP contribution in [-0.2, 0) is 14.5 Å². The van der Waals surface area contributed by atoms with Crippen LogP contribution < -0.4 is 5.32 Å². The molecular formula is C23H28Cl2N4O5. The van der Waals surface area contributed by atoms with E-state index < -0.39 is 29.4 Å². The molecule has 2 aromatic rings. The number of aromatic nitrogens is 2. The van der Waals surface area contributed by atoms with Crippen molar-refractivity contribution in [2.45, 2.75) is 57.9 Å². The van der Waals surface area contributed by atoms with E-state index in [0.717, 1.165) is 0 Å². The number of nitrogens with zero attached hydrogens (tertiary/aromatic N) is 3. The summed E-state index contributed by atoms with van der Waals surface area (Å²) >= 11 is 12.7. The zero-order valence-corrected chi connectivity index (χ0v) is 21.0. The van der Waals surface area contributed by atoms with Crippen molar-refractivity contribution in [3.05, 3.63) is 58.1 Å².